The highest BCUT2D eigenvalue weighted by atomic mass is 16.6. The summed E-state index contributed by atoms with van der Waals surface area (Å²) in [4.78, 5) is 11.7. The summed E-state index contributed by atoms with van der Waals surface area (Å²) in [5.41, 5.74) is 0. The van der Waals surface area contributed by atoms with E-state index in [1.54, 1.807) is 0 Å². The zero-order valence-electron chi connectivity index (χ0n) is 18.0. The fraction of sp³-hybridized carbons (Fsp3) is 0.783. The summed E-state index contributed by atoms with van der Waals surface area (Å²) >= 11 is 0. The van der Waals surface area contributed by atoms with Crippen LogP contribution in [0, 0.1) is 11.8 Å². The van der Waals surface area contributed by atoms with Crippen molar-refractivity contribution in [3.05, 3.63) is 24.0 Å². The first kappa shape index (κ1) is 24.9. The molecule has 2 fully saturated rings. The first-order valence-corrected chi connectivity index (χ1v) is 11.3. The predicted molar refractivity (Wildman–Crippen MR) is 112 cm³/mol. The fourth-order valence-electron chi connectivity index (χ4n) is 4.23. The first-order valence-electron chi connectivity index (χ1n) is 11.3. The van der Waals surface area contributed by atoms with Gasteiger partial charge in [-0.1, -0.05) is 38.3 Å². The molecule has 2 aliphatic rings. The second-order valence-corrected chi connectivity index (χ2v) is 8.39. The van der Waals surface area contributed by atoms with Crippen LogP contribution in [0.2, 0.25) is 0 Å². The SMILES string of the molecule is CCCCC[C@H](O)/C=C/C1[C@H](O)C[C@@H]2O/C(=C\CCCC(=O)OC(CO)CO)C[C@H]12. The molecule has 1 unspecified atom stereocenters. The van der Waals surface area contributed by atoms with Crippen LogP contribution in [0.15, 0.2) is 24.0 Å². The second-order valence-electron chi connectivity index (χ2n) is 8.39. The Hall–Kier alpha value is -1.41. The smallest absolute Gasteiger partial charge is 0.306 e. The molecule has 0 aromatic carbocycles. The summed E-state index contributed by atoms with van der Waals surface area (Å²) in [5.74, 6) is 0.669. The molecular formula is C23H38O7. The minimum absolute atomic E-state index is 0.00188. The number of allylic oxidation sites excluding steroid dienone is 2. The zero-order chi connectivity index (χ0) is 21.9. The Labute approximate surface area is 179 Å². The molecule has 0 aromatic rings. The average Bonchev–Trinajstić information content (AvgIpc) is 3.24. The number of carbonyl (C=O) groups excluding carboxylic acids is 1. The van der Waals surface area contributed by atoms with Gasteiger partial charge in [0.1, 0.15) is 12.2 Å². The molecule has 0 radical (unpaired) electrons. The number of carbonyl (C=O) groups is 1. The van der Waals surface area contributed by atoms with Gasteiger partial charge in [0.05, 0.1) is 31.2 Å². The van der Waals surface area contributed by atoms with Crippen LogP contribution in [0.1, 0.15) is 64.7 Å². The molecule has 0 amide bonds. The number of unbranched alkanes of at least 4 members (excludes halogenated alkanes) is 3. The second kappa shape index (κ2) is 13.1. The largest absolute Gasteiger partial charge is 0.495 e. The number of ether oxygens (including phenoxy) is 2. The minimum atomic E-state index is -0.852. The fourth-order valence-corrected chi connectivity index (χ4v) is 4.23. The molecule has 1 saturated heterocycles. The summed E-state index contributed by atoms with van der Waals surface area (Å²) in [6.45, 7) is 1.36. The number of aliphatic hydroxyl groups is 4. The highest BCUT2D eigenvalue weighted by molar-refractivity contribution is 5.69. The summed E-state index contributed by atoms with van der Waals surface area (Å²) in [7, 11) is 0. The third-order valence-electron chi connectivity index (χ3n) is 5.95. The molecule has 172 valence electrons. The lowest BCUT2D eigenvalue weighted by atomic mass is 9.90. The van der Waals surface area contributed by atoms with Crippen molar-refractivity contribution in [2.75, 3.05) is 13.2 Å². The van der Waals surface area contributed by atoms with E-state index in [9.17, 15) is 15.0 Å². The van der Waals surface area contributed by atoms with E-state index < -0.39 is 24.3 Å². The van der Waals surface area contributed by atoms with E-state index in [1.807, 2.05) is 18.2 Å². The Balaban J connectivity index is 1.75. The number of fused-ring (bicyclic) bond motifs is 1. The van der Waals surface area contributed by atoms with Crippen LogP contribution in [0.25, 0.3) is 0 Å². The van der Waals surface area contributed by atoms with Gasteiger partial charge in [-0.25, -0.2) is 0 Å². The van der Waals surface area contributed by atoms with Gasteiger partial charge < -0.3 is 29.9 Å². The average molecular weight is 427 g/mol. The topological polar surface area (TPSA) is 116 Å². The molecule has 30 heavy (non-hydrogen) atoms. The molecule has 1 heterocycles. The van der Waals surface area contributed by atoms with E-state index in [1.165, 1.54) is 0 Å². The van der Waals surface area contributed by atoms with E-state index >= 15 is 0 Å². The molecular weight excluding hydrogens is 388 g/mol. The van der Waals surface area contributed by atoms with Gasteiger partial charge >= 0.3 is 5.97 Å². The molecule has 0 bridgehead atoms. The Kier molecular flexibility index (Phi) is 10.9. The maximum Gasteiger partial charge on any atom is 0.306 e. The van der Waals surface area contributed by atoms with E-state index in [0.29, 0.717) is 19.3 Å². The summed E-state index contributed by atoms with van der Waals surface area (Å²) in [6.07, 6.45) is 10.9. The van der Waals surface area contributed by atoms with Crippen LogP contribution in [0.3, 0.4) is 0 Å². The molecule has 2 rings (SSSR count). The Morgan fingerprint density at radius 1 is 1.27 bits per heavy atom. The third kappa shape index (κ3) is 7.69. The van der Waals surface area contributed by atoms with Gasteiger partial charge in [-0.3, -0.25) is 4.79 Å². The van der Waals surface area contributed by atoms with Crippen molar-refractivity contribution < 1.29 is 34.7 Å². The van der Waals surface area contributed by atoms with Gasteiger partial charge in [-0.05, 0) is 25.3 Å². The first-order chi connectivity index (χ1) is 14.5. The molecule has 0 aromatic heterocycles. The van der Waals surface area contributed by atoms with Gasteiger partial charge in [0.15, 0.2) is 0 Å². The van der Waals surface area contributed by atoms with Gasteiger partial charge in [-0.2, -0.15) is 0 Å². The summed E-state index contributed by atoms with van der Waals surface area (Å²) < 4.78 is 10.9. The van der Waals surface area contributed by atoms with Gasteiger partial charge in [0, 0.05) is 31.1 Å². The van der Waals surface area contributed by atoms with E-state index in [0.717, 1.165) is 37.9 Å². The van der Waals surface area contributed by atoms with Gasteiger partial charge in [0.2, 0.25) is 0 Å². The van der Waals surface area contributed by atoms with Crippen molar-refractivity contribution in [3.63, 3.8) is 0 Å². The lowest BCUT2D eigenvalue weighted by Crippen LogP contribution is -2.25. The highest BCUT2D eigenvalue weighted by Gasteiger charge is 2.46. The van der Waals surface area contributed by atoms with Crippen molar-refractivity contribution in [1.29, 1.82) is 0 Å². The molecule has 4 N–H and O–H groups in total. The van der Waals surface area contributed by atoms with E-state index in [-0.39, 0.29) is 37.6 Å². The van der Waals surface area contributed by atoms with E-state index in [2.05, 4.69) is 6.92 Å². The molecule has 7 nitrogen and oxygen atoms in total. The number of aliphatic hydroxyl groups excluding tert-OH is 4. The minimum Gasteiger partial charge on any atom is -0.495 e. The van der Waals surface area contributed by atoms with E-state index in [4.69, 9.17) is 19.7 Å². The molecule has 1 aliphatic carbocycles. The molecule has 1 saturated carbocycles. The Morgan fingerprint density at radius 2 is 2.03 bits per heavy atom. The van der Waals surface area contributed by atoms with Crippen LogP contribution in [0.4, 0.5) is 0 Å². The van der Waals surface area contributed by atoms with Gasteiger partial charge in [-0.15, -0.1) is 0 Å². The van der Waals surface area contributed by atoms with Crippen molar-refractivity contribution in [1.82, 2.24) is 0 Å². The standard InChI is InChI=1S/C23H38O7/c1-2-3-4-7-16(26)10-11-19-20-12-17(29-22(20)13-21(19)27)8-5-6-9-23(28)30-18(14-24)15-25/h8,10-11,16,18-22,24-27H,2-7,9,12-15H2,1H3/b11-10+,17-8-/t16-,19?,20+,21+,22-/m0/s1. The third-order valence-corrected chi connectivity index (χ3v) is 5.95. The Bertz CT molecular complexity index is 570. The number of rotatable bonds is 13. The normalized spacial score (nSPS) is 28.3. The van der Waals surface area contributed by atoms with Crippen molar-refractivity contribution in [3.8, 4) is 0 Å². The predicted octanol–water partition coefficient (Wildman–Crippen LogP) is 2.22. The van der Waals surface area contributed by atoms with Crippen LogP contribution >= 0.6 is 0 Å². The number of esters is 1. The summed E-state index contributed by atoms with van der Waals surface area (Å²) in [6, 6.07) is 0. The van der Waals surface area contributed by atoms with Crippen molar-refractivity contribution in [2.45, 2.75) is 89.1 Å². The molecule has 5 atom stereocenters. The number of hydrogen-bond donors (Lipinski definition) is 4. The van der Waals surface area contributed by atoms with Crippen LogP contribution in [-0.2, 0) is 14.3 Å². The molecule has 7 heteroatoms. The van der Waals surface area contributed by atoms with Crippen LogP contribution in [0.5, 0.6) is 0 Å². The maximum atomic E-state index is 11.7. The van der Waals surface area contributed by atoms with Crippen LogP contribution in [-0.4, -0.2) is 64.0 Å². The molecule has 1 aliphatic heterocycles. The van der Waals surface area contributed by atoms with Crippen molar-refractivity contribution >= 4 is 5.97 Å². The van der Waals surface area contributed by atoms with Gasteiger partial charge in [0.25, 0.3) is 0 Å². The summed E-state index contributed by atoms with van der Waals surface area (Å²) in [5, 5.41) is 38.3. The molecule has 0 spiro atoms. The maximum absolute atomic E-state index is 11.7. The Morgan fingerprint density at radius 3 is 2.73 bits per heavy atom. The lowest BCUT2D eigenvalue weighted by Gasteiger charge is -2.16. The monoisotopic (exact) mass is 426 g/mol. The van der Waals surface area contributed by atoms with Crippen molar-refractivity contribution in [2.24, 2.45) is 11.8 Å². The zero-order valence-corrected chi connectivity index (χ0v) is 18.0. The number of hydrogen-bond acceptors (Lipinski definition) is 7. The lowest BCUT2D eigenvalue weighted by molar-refractivity contribution is -0.153. The van der Waals surface area contributed by atoms with Crippen LogP contribution < -0.4 is 0 Å². The quantitative estimate of drug-likeness (QED) is 0.203. The highest BCUT2D eigenvalue weighted by Crippen LogP contribution is 2.45.